The van der Waals surface area contributed by atoms with E-state index in [1.807, 2.05) is 72.8 Å². The zero-order chi connectivity index (χ0) is 36.3. The number of benzene rings is 3. The average molecular weight is 724 g/mol. The fourth-order valence-corrected chi connectivity index (χ4v) is 7.63. The highest BCUT2D eigenvalue weighted by molar-refractivity contribution is 5.90. The number of alkyl halides is 3. The maximum Gasteiger partial charge on any atom is 0.471 e. The van der Waals surface area contributed by atoms with Gasteiger partial charge in [0.05, 0.1) is 32.0 Å². The van der Waals surface area contributed by atoms with Crippen LogP contribution in [0.15, 0.2) is 72.8 Å². The minimum atomic E-state index is -5.02. The van der Waals surface area contributed by atoms with E-state index < -0.39 is 36.1 Å². The molecule has 278 valence electrons. The number of ether oxygens (including phenoxy) is 4. The SMILES string of the molecule is O=C(NCc1cccc(-c2ccc([C@H]3O[C@@H](CN4CCC5(CC4)OCCO5)C[C@@H](c4ccc(CO)cc4)O3)cc2)c1)[C@@H]1CCCN1C(=O)C(F)(F)F. The summed E-state index contributed by atoms with van der Waals surface area (Å²) in [6.07, 6.45) is -3.06. The summed E-state index contributed by atoms with van der Waals surface area (Å²) < 4.78 is 64.1. The standard InChI is InChI=1S/C39H44F3N3O7/c40-39(41,42)37(48)45-16-2-5-33(45)35(47)43-23-27-3-1-4-31(21-27)28-10-12-30(13-11-28)36-51-32(22-34(52-36)29-8-6-26(25-46)7-9-29)24-44-17-14-38(15-18-44)49-19-20-50-38/h1,3-4,6-13,21,32-34,36,46H,2,5,14-20,22-25H2,(H,43,47)/t32-,33+,34+,36+/m1/s1. The Bertz CT molecular complexity index is 1690. The van der Waals surface area contributed by atoms with Gasteiger partial charge in [0, 0.05) is 57.5 Å². The third kappa shape index (κ3) is 8.35. The predicted octanol–water partition coefficient (Wildman–Crippen LogP) is 5.40. The second-order valence-electron chi connectivity index (χ2n) is 14.0. The van der Waals surface area contributed by atoms with Crippen molar-refractivity contribution in [3.63, 3.8) is 0 Å². The Kier molecular flexibility index (Phi) is 11.0. The largest absolute Gasteiger partial charge is 0.471 e. The van der Waals surface area contributed by atoms with Gasteiger partial charge in [0.1, 0.15) is 6.04 Å². The van der Waals surface area contributed by atoms with Crippen molar-refractivity contribution in [3.8, 4) is 11.1 Å². The maximum atomic E-state index is 13.0. The van der Waals surface area contributed by atoms with Crippen molar-refractivity contribution in [1.82, 2.24) is 15.1 Å². The number of halogens is 3. The van der Waals surface area contributed by atoms with Crippen LogP contribution in [0.4, 0.5) is 13.2 Å². The van der Waals surface area contributed by atoms with Crippen molar-refractivity contribution in [2.24, 2.45) is 0 Å². The smallest absolute Gasteiger partial charge is 0.392 e. The Labute approximate surface area is 300 Å². The molecule has 0 aromatic heterocycles. The van der Waals surface area contributed by atoms with Gasteiger partial charge in [0.25, 0.3) is 0 Å². The van der Waals surface area contributed by atoms with Gasteiger partial charge in [-0.3, -0.25) is 9.59 Å². The first-order valence-corrected chi connectivity index (χ1v) is 17.9. The lowest BCUT2D eigenvalue weighted by molar-refractivity contribution is -0.255. The van der Waals surface area contributed by atoms with Crippen LogP contribution in [0.1, 0.15) is 66.8 Å². The van der Waals surface area contributed by atoms with Gasteiger partial charge in [0.2, 0.25) is 5.91 Å². The highest BCUT2D eigenvalue weighted by atomic mass is 19.4. The number of nitrogens with zero attached hydrogens (tertiary/aromatic N) is 2. The number of carbonyl (C=O) groups excluding carboxylic acids is 2. The van der Waals surface area contributed by atoms with Crippen LogP contribution in [0.2, 0.25) is 0 Å². The normalized spacial score (nSPS) is 25.0. The Morgan fingerprint density at radius 3 is 2.27 bits per heavy atom. The van der Waals surface area contributed by atoms with Crippen LogP contribution in [0.5, 0.6) is 0 Å². The molecular formula is C39H44F3N3O7. The molecule has 4 fully saturated rings. The van der Waals surface area contributed by atoms with E-state index in [1.54, 1.807) is 0 Å². The second-order valence-corrected chi connectivity index (χ2v) is 14.0. The van der Waals surface area contributed by atoms with Gasteiger partial charge in [0.15, 0.2) is 12.1 Å². The third-order valence-electron chi connectivity index (χ3n) is 10.5. The number of carbonyl (C=O) groups is 2. The van der Waals surface area contributed by atoms with E-state index in [2.05, 4.69) is 10.2 Å². The molecule has 4 saturated heterocycles. The highest BCUT2D eigenvalue weighted by Crippen LogP contribution is 2.40. The van der Waals surface area contributed by atoms with Crippen LogP contribution in [0.25, 0.3) is 11.1 Å². The number of hydrogen-bond acceptors (Lipinski definition) is 8. The van der Waals surface area contributed by atoms with Crippen LogP contribution in [0, 0.1) is 0 Å². The molecule has 2 amide bonds. The number of hydrogen-bond donors (Lipinski definition) is 2. The fourth-order valence-electron chi connectivity index (χ4n) is 7.63. The van der Waals surface area contributed by atoms with E-state index in [1.165, 1.54) is 0 Å². The lowest BCUT2D eigenvalue weighted by Crippen LogP contribution is -2.50. The van der Waals surface area contributed by atoms with Gasteiger partial charge in [-0.15, -0.1) is 0 Å². The molecule has 52 heavy (non-hydrogen) atoms. The number of aliphatic hydroxyl groups excluding tert-OH is 1. The number of nitrogens with one attached hydrogen (secondary N) is 1. The summed E-state index contributed by atoms with van der Waals surface area (Å²) in [4.78, 5) is 27.6. The summed E-state index contributed by atoms with van der Waals surface area (Å²) in [5, 5.41) is 12.3. The topological polar surface area (TPSA) is 110 Å². The molecule has 1 spiro atoms. The van der Waals surface area contributed by atoms with Crippen LogP contribution in [-0.2, 0) is 41.7 Å². The molecule has 0 aliphatic carbocycles. The minimum Gasteiger partial charge on any atom is -0.392 e. The van der Waals surface area contributed by atoms with E-state index in [4.69, 9.17) is 18.9 Å². The van der Waals surface area contributed by atoms with Crippen LogP contribution in [0.3, 0.4) is 0 Å². The number of aliphatic hydroxyl groups is 1. The molecule has 4 aliphatic rings. The Hall–Kier alpha value is -3.85. The second kappa shape index (κ2) is 15.6. The van der Waals surface area contributed by atoms with Crippen LogP contribution < -0.4 is 5.32 Å². The number of rotatable bonds is 9. The number of amides is 2. The molecule has 4 aliphatic heterocycles. The first kappa shape index (κ1) is 36.5. The minimum absolute atomic E-state index is 0.0271. The molecule has 4 heterocycles. The van der Waals surface area contributed by atoms with Crippen molar-refractivity contribution in [2.75, 3.05) is 39.4 Å². The van der Waals surface area contributed by atoms with E-state index >= 15 is 0 Å². The maximum absolute atomic E-state index is 13.0. The van der Waals surface area contributed by atoms with Gasteiger partial charge in [-0.05, 0) is 46.7 Å². The van der Waals surface area contributed by atoms with Gasteiger partial charge in [-0.25, -0.2) is 0 Å². The van der Waals surface area contributed by atoms with Crippen molar-refractivity contribution < 1.29 is 46.8 Å². The number of piperidine rings is 1. The zero-order valence-corrected chi connectivity index (χ0v) is 28.9. The van der Waals surface area contributed by atoms with E-state index in [0.717, 1.165) is 65.9 Å². The van der Waals surface area contributed by atoms with Crippen LogP contribution in [-0.4, -0.2) is 90.2 Å². The molecule has 3 aromatic carbocycles. The molecule has 10 nitrogen and oxygen atoms in total. The van der Waals surface area contributed by atoms with E-state index in [9.17, 15) is 27.9 Å². The molecule has 7 rings (SSSR count). The van der Waals surface area contributed by atoms with Gasteiger partial charge in [-0.1, -0.05) is 66.7 Å². The average Bonchev–Trinajstić information content (AvgIpc) is 3.85. The molecule has 0 bridgehead atoms. The Morgan fingerprint density at radius 1 is 0.865 bits per heavy atom. The summed E-state index contributed by atoms with van der Waals surface area (Å²) in [6.45, 7) is 3.74. The molecule has 0 radical (unpaired) electrons. The van der Waals surface area contributed by atoms with Crippen molar-refractivity contribution >= 4 is 11.8 Å². The summed E-state index contributed by atoms with van der Waals surface area (Å²) in [5.74, 6) is -3.02. The molecule has 0 saturated carbocycles. The first-order chi connectivity index (χ1) is 25.1. The Morgan fingerprint density at radius 2 is 1.58 bits per heavy atom. The lowest BCUT2D eigenvalue weighted by Gasteiger charge is -2.41. The summed E-state index contributed by atoms with van der Waals surface area (Å²) in [5.41, 5.74) is 5.33. The summed E-state index contributed by atoms with van der Waals surface area (Å²) in [7, 11) is 0. The molecular weight excluding hydrogens is 679 g/mol. The van der Waals surface area contributed by atoms with Crippen molar-refractivity contribution in [2.45, 2.75) is 81.8 Å². The Balaban J connectivity index is 1.01. The first-order valence-electron chi connectivity index (χ1n) is 17.9. The lowest BCUT2D eigenvalue weighted by atomic mass is 9.98. The van der Waals surface area contributed by atoms with Gasteiger partial charge < -0.3 is 39.2 Å². The quantitative estimate of drug-likeness (QED) is 0.302. The summed E-state index contributed by atoms with van der Waals surface area (Å²) >= 11 is 0. The third-order valence-corrected chi connectivity index (χ3v) is 10.5. The molecule has 3 aromatic rings. The monoisotopic (exact) mass is 723 g/mol. The highest BCUT2D eigenvalue weighted by Gasteiger charge is 2.47. The molecule has 4 atom stereocenters. The van der Waals surface area contributed by atoms with Gasteiger partial charge >= 0.3 is 12.1 Å². The predicted molar refractivity (Wildman–Crippen MR) is 183 cm³/mol. The van der Waals surface area contributed by atoms with E-state index in [0.29, 0.717) is 31.0 Å². The van der Waals surface area contributed by atoms with Gasteiger partial charge in [-0.2, -0.15) is 13.2 Å². The van der Waals surface area contributed by atoms with Crippen molar-refractivity contribution in [1.29, 1.82) is 0 Å². The molecule has 2 N–H and O–H groups in total. The fraction of sp³-hybridized carbons (Fsp3) is 0.487. The molecule has 0 unspecified atom stereocenters. The van der Waals surface area contributed by atoms with Crippen molar-refractivity contribution in [3.05, 3.63) is 95.1 Å². The van der Waals surface area contributed by atoms with Crippen LogP contribution >= 0.6 is 0 Å². The van der Waals surface area contributed by atoms with E-state index in [-0.39, 0.29) is 38.3 Å². The number of likely N-dealkylation sites (tertiary alicyclic amines) is 2. The molecule has 13 heteroatoms. The zero-order valence-electron chi connectivity index (χ0n) is 28.9. The summed E-state index contributed by atoms with van der Waals surface area (Å²) in [6, 6.07) is 22.2.